The summed E-state index contributed by atoms with van der Waals surface area (Å²) in [5.41, 5.74) is 0.924. The number of aromatic nitrogens is 1. The molecular weight excluding hydrogens is 289 g/mol. The lowest BCUT2D eigenvalue weighted by Gasteiger charge is -2.08. The number of pyridine rings is 1. The average molecular weight is 297 g/mol. The monoisotopic (exact) mass is 296 g/mol. The van der Waals surface area contributed by atoms with Crippen LogP contribution < -0.4 is 0 Å². The smallest absolute Gasteiger partial charge is 0.258 e. The molecule has 0 aliphatic carbocycles. The van der Waals surface area contributed by atoms with Crippen LogP contribution in [-0.4, -0.2) is 4.98 Å². The molecule has 0 N–H and O–H groups in total. The van der Waals surface area contributed by atoms with Crippen molar-refractivity contribution in [2.24, 2.45) is 0 Å². The van der Waals surface area contributed by atoms with Crippen molar-refractivity contribution < 1.29 is 13.2 Å². The van der Waals surface area contributed by atoms with Gasteiger partial charge in [0, 0.05) is 11.8 Å². The zero-order valence-electron chi connectivity index (χ0n) is 10.1. The highest BCUT2D eigenvalue weighted by Crippen LogP contribution is 2.31. The van der Waals surface area contributed by atoms with Gasteiger partial charge in [0.25, 0.3) is 0 Å². The molecule has 0 aliphatic rings. The molecule has 1 heterocycles. The number of alkyl halides is 3. The van der Waals surface area contributed by atoms with E-state index in [9.17, 15) is 13.2 Å². The molecule has 2 nitrogen and oxygen atoms in total. The summed E-state index contributed by atoms with van der Waals surface area (Å²) in [6.07, 6.45) is -2.78. The molecule has 0 spiro atoms. The molecule has 2 rings (SSSR count). The van der Waals surface area contributed by atoms with Crippen molar-refractivity contribution >= 4 is 11.6 Å². The Hall–Kier alpha value is -2.06. The summed E-state index contributed by atoms with van der Waals surface area (Å²) in [5.74, 6) is 0. The molecule has 1 aromatic heterocycles. The van der Waals surface area contributed by atoms with E-state index in [1.54, 1.807) is 6.07 Å². The normalized spacial score (nSPS) is 11.2. The number of halogens is 4. The van der Waals surface area contributed by atoms with E-state index in [1.807, 2.05) is 6.07 Å². The first kappa shape index (κ1) is 14.4. The van der Waals surface area contributed by atoms with E-state index in [4.69, 9.17) is 16.9 Å². The molecule has 0 unspecified atom stereocenters. The lowest BCUT2D eigenvalue weighted by atomic mass is 10.0. The number of benzene rings is 1. The van der Waals surface area contributed by atoms with Crippen LogP contribution in [0.1, 0.15) is 11.3 Å². The minimum atomic E-state index is -4.36. The first-order chi connectivity index (χ1) is 9.41. The molecule has 0 atom stereocenters. The maximum absolute atomic E-state index is 12.5. The Labute approximate surface area is 118 Å². The van der Waals surface area contributed by atoms with Crippen LogP contribution >= 0.6 is 11.6 Å². The van der Waals surface area contributed by atoms with Crippen LogP contribution in [0.15, 0.2) is 36.5 Å². The minimum absolute atomic E-state index is 0.0894. The standard InChI is InChI=1S/C14H8ClF3N2/c15-12-7-10(8-20-13(12)5-6-19)9-1-3-11(4-2-9)14(16,17)18/h1-4,7-8H,5H2. The molecular formula is C14H8ClF3N2. The molecule has 0 saturated carbocycles. The Morgan fingerprint density at radius 2 is 1.80 bits per heavy atom. The van der Waals surface area contributed by atoms with E-state index >= 15 is 0 Å². The topological polar surface area (TPSA) is 36.7 Å². The van der Waals surface area contributed by atoms with Gasteiger partial charge < -0.3 is 0 Å². The zero-order chi connectivity index (χ0) is 14.8. The molecule has 0 fully saturated rings. The summed E-state index contributed by atoms with van der Waals surface area (Å²) >= 11 is 5.97. The molecule has 20 heavy (non-hydrogen) atoms. The van der Waals surface area contributed by atoms with Crippen LogP contribution in [0, 0.1) is 11.3 Å². The number of hydrogen-bond donors (Lipinski definition) is 0. The maximum Gasteiger partial charge on any atom is 0.416 e. The van der Waals surface area contributed by atoms with Gasteiger partial charge in [0.15, 0.2) is 0 Å². The minimum Gasteiger partial charge on any atom is -0.258 e. The van der Waals surface area contributed by atoms with Gasteiger partial charge in [-0.3, -0.25) is 4.98 Å². The molecule has 6 heteroatoms. The van der Waals surface area contributed by atoms with Gasteiger partial charge in [0.1, 0.15) is 0 Å². The third-order valence-corrected chi connectivity index (χ3v) is 3.04. The first-order valence-electron chi connectivity index (χ1n) is 5.61. The Morgan fingerprint density at radius 1 is 1.15 bits per heavy atom. The predicted molar refractivity (Wildman–Crippen MR) is 69.0 cm³/mol. The van der Waals surface area contributed by atoms with Crippen LogP contribution in [-0.2, 0) is 12.6 Å². The molecule has 2 aromatic rings. The second-order valence-electron chi connectivity index (χ2n) is 4.06. The molecule has 0 bridgehead atoms. The summed E-state index contributed by atoms with van der Waals surface area (Å²) in [6.45, 7) is 0. The van der Waals surface area contributed by atoms with Crippen molar-refractivity contribution in [3.8, 4) is 17.2 Å². The second kappa shape index (κ2) is 5.51. The Kier molecular flexibility index (Phi) is 3.96. The Bertz CT molecular complexity index is 658. The van der Waals surface area contributed by atoms with E-state index in [-0.39, 0.29) is 6.42 Å². The van der Waals surface area contributed by atoms with E-state index in [0.717, 1.165) is 12.1 Å². The summed E-state index contributed by atoms with van der Waals surface area (Å²) in [5, 5.41) is 8.91. The summed E-state index contributed by atoms with van der Waals surface area (Å²) < 4.78 is 37.4. The molecule has 0 radical (unpaired) electrons. The summed E-state index contributed by atoms with van der Waals surface area (Å²) in [7, 11) is 0. The van der Waals surface area contributed by atoms with Crippen molar-refractivity contribution in [2.45, 2.75) is 12.6 Å². The first-order valence-corrected chi connectivity index (χ1v) is 5.98. The van der Waals surface area contributed by atoms with E-state index in [2.05, 4.69) is 4.98 Å². The Morgan fingerprint density at radius 3 is 2.30 bits per heavy atom. The fraction of sp³-hybridized carbons (Fsp3) is 0.143. The molecule has 0 amide bonds. The van der Waals surface area contributed by atoms with Gasteiger partial charge in [-0.1, -0.05) is 23.7 Å². The number of hydrogen-bond acceptors (Lipinski definition) is 2. The molecule has 0 aliphatic heterocycles. The molecule has 102 valence electrons. The van der Waals surface area contributed by atoms with Crippen LogP contribution in [0.4, 0.5) is 13.2 Å². The SMILES string of the molecule is N#CCc1ncc(-c2ccc(C(F)(F)F)cc2)cc1Cl. The highest BCUT2D eigenvalue weighted by atomic mass is 35.5. The molecule has 1 aromatic carbocycles. The van der Waals surface area contributed by atoms with Gasteiger partial charge in [0.2, 0.25) is 0 Å². The fourth-order valence-electron chi connectivity index (χ4n) is 1.68. The highest BCUT2D eigenvalue weighted by molar-refractivity contribution is 6.31. The maximum atomic E-state index is 12.5. The summed E-state index contributed by atoms with van der Waals surface area (Å²) in [6, 6.07) is 8.26. The number of nitrogens with zero attached hydrogens (tertiary/aromatic N) is 2. The molecule has 0 saturated heterocycles. The van der Waals surface area contributed by atoms with Crippen molar-refractivity contribution in [3.05, 3.63) is 52.8 Å². The van der Waals surface area contributed by atoms with E-state index in [1.165, 1.54) is 18.3 Å². The summed E-state index contributed by atoms with van der Waals surface area (Å²) in [4.78, 5) is 4.04. The van der Waals surface area contributed by atoms with Crippen LogP contribution in [0.25, 0.3) is 11.1 Å². The zero-order valence-corrected chi connectivity index (χ0v) is 10.8. The van der Waals surface area contributed by atoms with Crippen molar-refractivity contribution in [3.63, 3.8) is 0 Å². The number of nitriles is 1. The lowest BCUT2D eigenvalue weighted by Crippen LogP contribution is -2.04. The van der Waals surface area contributed by atoms with Crippen molar-refractivity contribution in [1.82, 2.24) is 4.98 Å². The van der Waals surface area contributed by atoms with Crippen LogP contribution in [0.5, 0.6) is 0 Å². The van der Waals surface area contributed by atoms with Gasteiger partial charge in [-0.05, 0) is 23.8 Å². The second-order valence-corrected chi connectivity index (χ2v) is 4.47. The van der Waals surface area contributed by atoms with Crippen LogP contribution in [0.2, 0.25) is 5.02 Å². The van der Waals surface area contributed by atoms with Gasteiger partial charge in [-0.25, -0.2) is 0 Å². The highest BCUT2D eigenvalue weighted by Gasteiger charge is 2.29. The third-order valence-electron chi connectivity index (χ3n) is 2.71. The lowest BCUT2D eigenvalue weighted by molar-refractivity contribution is -0.137. The fourth-order valence-corrected chi connectivity index (χ4v) is 1.91. The van der Waals surface area contributed by atoms with Gasteiger partial charge in [-0.2, -0.15) is 18.4 Å². The van der Waals surface area contributed by atoms with Gasteiger partial charge in [0.05, 0.1) is 28.8 Å². The van der Waals surface area contributed by atoms with E-state index in [0.29, 0.717) is 21.8 Å². The Balaban J connectivity index is 2.33. The van der Waals surface area contributed by atoms with Crippen LogP contribution in [0.3, 0.4) is 0 Å². The quantitative estimate of drug-likeness (QED) is 0.819. The van der Waals surface area contributed by atoms with Gasteiger partial charge >= 0.3 is 6.18 Å². The number of rotatable bonds is 2. The largest absolute Gasteiger partial charge is 0.416 e. The predicted octanol–water partition coefficient (Wildman–Crippen LogP) is 4.49. The average Bonchev–Trinajstić information content (AvgIpc) is 2.40. The van der Waals surface area contributed by atoms with E-state index < -0.39 is 11.7 Å². The van der Waals surface area contributed by atoms with Gasteiger partial charge in [-0.15, -0.1) is 0 Å². The third kappa shape index (κ3) is 3.09. The van der Waals surface area contributed by atoms with Crippen molar-refractivity contribution in [2.75, 3.05) is 0 Å². The van der Waals surface area contributed by atoms with Crippen molar-refractivity contribution in [1.29, 1.82) is 5.26 Å².